The van der Waals surface area contributed by atoms with Gasteiger partial charge in [0.05, 0.1) is 19.3 Å². The Bertz CT molecular complexity index is 509. The standard InChI is InChI=1S/C9H13NO6S2/c1-16-5-6(4-11)10-18(14,15)8-3-2-7(17-8)9(12)13/h2-3,6,10-11H,4-5H2,1H3,(H,12,13). The molecule has 0 amide bonds. The van der Waals surface area contributed by atoms with Crippen molar-refractivity contribution in [1.29, 1.82) is 0 Å². The maximum absolute atomic E-state index is 11.9. The molecule has 3 N–H and O–H groups in total. The maximum atomic E-state index is 11.9. The van der Waals surface area contributed by atoms with Gasteiger partial charge in [-0.2, -0.15) is 0 Å². The number of sulfonamides is 1. The first-order valence-electron chi connectivity index (χ1n) is 4.86. The third-order valence-electron chi connectivity index (χ3n) is 1.97. The lowest BCUT2D eigenvalue weighted by molar-refractivity contribution is 0.0702. The second kappa shape index (κ2) is 6.25. The van der Waals surface area contributed by atoms with Crippen LogP contribution >= 0.6 is 11.3 Å². The second-order valence-corrected chi connectivity index (χ2v) is 6.40. The van der Waals surface area contributed by atoms with E-state index in [2.05, 4.69) is 4.72 Å². The molecule has 0 aliphatic carbocycles. The van der Waals surface area contributed by atoms with E-state index in [4.69, 9.17) is 14.9 Å². The summed E-state index contributed by atoms with van der Waals surface area (Å²) < 4.78 is 30.6. The molecule has 0 spiro atoms. The number of rotatable bonds is 7. The monoisotopic (exact) mass is 295 g/mol. The summed E-state index contributed by atoms with van der Waals surface area (Å²) in [5.74, 6) is -1.18. The van der Waals surface area contributed by atoms with Gasteiger partial charge in [-0.05, 0) is 12.1 Å². The van der Waals surface area contributed by atoms with Gasteiger partial charge < -0.3 is 14.9 Å². The minimum absolute atomic E-state index is 0.0207. The van der Waals surface area contributed by atoms with Crippen molar-refractivity contribution in [3.05, 3.63) is 17.0 Å². The first-order valence-corrected chi connectivity index (χ1v) is 7.16. The molecular weight excluding hydrogens is 282 g/mol. The van der Waals surface area contributed by atoms with Crippen molar-refractivity contribution in [3.8, 4) is 0 Å². The lowest BCUT2D eigenvalue weighted by Crippen LogP contribution is -2.40. The van der Waals surface area contributed by atoms with Gasteiger partial charge in [-0.3, -0.25) is 0 Å². The predicted molar refractivity (Wildman–Crippen MR) is 64.3 cm³/mol. The number of hydrogen-bond acceptors (Lipinski definition) is 6. The molecule has 0 saturated carbocycles. The van der Waals surface area contributed by atoms with Crippen molar-refractivity contribution in [2.24, 2.45) is 0 Å². The van der Waals surface area contributed by atoms with Gasteiger partial charge in [-0.25, -0.2) is 17.9 Å². The lowest BCUT2D eigenvalue weighted by Gasteiger charge is -2.14. The lowest BCUT2D eigenvalue weighted by atomic mass is 10.4. The summed E-state index contributed by atoms with van der Waals surface area (Å²) in [4.78, 5) is 10.6. The Hall–Kier alpha value is -1.00. The summed E-state index contributed by atoms with van der Waals surface area (Å²) in [6.07, 6.45) is 0. The van der Waals surface area contributed by atoms with Crippen molar-refractivity contribution in [2.75, 3.05) is 20.3 Å². The molecule has 1 heterocycles. The Labute approximate surface area is 108 Å². The highest BCUT2D eigenvalue weighted by molar-refractivity contribution is 7.91. The summed E-state index contributed by atoms with van der Waals surface area (Å²) in [6.45, 7) is -0.392. The van der Waals surface area contributed by atoms with Crippen molar-refractivity contribution in [2.45, 2.75) is 10.3 Å². The Balaban J connectivity index is 2.88. The van der Waals surface area contributed by atoms with Crippen LogP contribution in [-0.4, -0.2) is 51.0 Å². The average Bonchev–Trinajstić information content (AvgIpc) is 2.78. The number of thiophene rings is 1. The molecule has 1 aromatic heterocycles. The molecule has 1 atom stereocenters. The van der Waals surface area contributed by atoms with Gasteiger partial charge in [0.15, 0.2) is 0 Å². The number of aliphatic hydroxyl groups is 1. The molecule has 1 unspecified atom stereocenters. The smallest absolute Gasteiger partial charge is 0.345 e. The minimum Gasteiger partial charge on any atom is -0.477 e. The second-order valence-electron chi connectivity index (χ2n) is 3.38. The van der Waals surface area contributed by atoms with Crippen LogP contribution in [-0.2, 0) is 14.8 Å². The van der Waals surface area contributed by atoms with Crippen LogP contribution in [0.25, 0.3) is 0 Å². The summed E-state index contributed by atoms with van der Waals surface area (Å²) >= 11 is 0.646. The summed E-state index contributed by atoms with van der Waals surface area (Å²) in [5.41, 5.74) is 0. The molecule has 0 aliphatic rings. The van der Waals surface area contributed by atoms with E-state index in [0.717, 1.165) is 0 Å². The van der Waals surface area contributed by atoms with Crippen LogP contribution in [0.15, 0.2) is 16.3 Å². The molecule has 0 saturated heterocycles. The first-order chi connectivity index (χ1) is 8.40. The molecule has 18 heavy (non-hydrogen) atoms. The number of nitrogens with one attached hydrogen (secondary N) is 1. The molecule has 9 heteroatoms. The molecule has 7 nitrogen and oxygen atoms in total. The fraction of sp³-hybridized carbons (Fsp3) is 0.444. The number of carbonyl (C=O) groups is 1. The molecule has 0 bridgehead atoms. The van der Waals surface area contributed by atoms with E-state index in [1.54, 1.807) is 0 Å². The van der Waals surface area contributed by atoms with Gasteiger partial charge in [-0.1, -0.05) is 0 Å². The number of ether oxygens (including phenoxy) is 1. The molecule has 102 valence electrons. The molecule has 0 aliphatic heterocycles. The van der Waals surface area contributed by atoms with Crippen molar-refractivity contribution < 1.29 is 28.2 Å². The Morgan fingerprint density at radius 2 is 2.22 bits per heavy atom. The number of methoxy groups -OCH3 is 1. The van der Waals surface area contributed by atoms with E-state index in [9.17, 15) is 13.2 Å². The third-order valence-corrected chi connectivity index (χ3v) is 5.05. The van der Waals surface area contributed by atoms with E-state index in [1.807, 2.05) is 0 Å². The Morgan fingerprint density at radius 3 is 2.67 bits per heavy atom. The topological polar surface area (TPSA) is 113 Å². The van der Waals surface area contributed by atoms with Crippen LogP contribution in [0.1, 0.15) is 9.67 Å². The average molecular weight is 295 g/mol. The van der Waals surface area contributed by atoms with E-state index >= 15 is 0 Å². The zero-order valence-corrected chi connectivity index (χ0v) is 11.1. The molecule has 1 rings (SSSR count). The van der Waals surface area contributed by atoms with Crippen LogP contribution in [0.5, 0.6) is 0 Å². The maximum Gasteiger partial charge on any atom is 0.345 e. The third kappa shape index (κ3) is 3.75. The zero-order chi connectivity index (χ0) is 13.8. The molecule has 0 fully saturated rings. The van der Waals surface area contributed by atoms with Crippen molar-refractivity contribution in [3.63, 3.8) is 0 Å². The zero-order valence-electron chi connectivity index (χ0n) is 9.49. The van der Waals surface area contributed by atoms with Crippen LogP contribution in [0.2, 0.25) is 0 Å². The number of aromatic carboxylic acids is 1. The largest absolute Gasteiger partial charge is 0.477 e. The SMILES string of the molecule is COCC(CO)NS(=O)(=O)c1ccc(C(=O)O)s1. The van der Waals surface area contributed by atoms with Gasteiger partial charge in [0.25, 0.3) is 0 Å². The van der Waals surface area contributed by atoms with E-state index in [1.165, 1.54) is 19.2 Å². The van der Waals surface area contributed by atoms with Gasteiger partial charge in [-0.15, -0.1) is 11.3 Å². The van der Waals surface area contributed by atoms with Crippen molar-refractivity contribution in [1.82, 2.24) is 4.72 Å². The summed E-state index contributed by atoms with van der Waals surface area (Å²) in [7, 11) is -2.46. The summed E-state index contributed by atoms with van der Waals surface area (Å²) in [6, 6.07) is 1.65. The van der Waals surface area contributed by atoms with Crippen LogP contribution in [0.4, 0.5) is 0 Å². The fourth-order valence-corrected chi connectivity index (χ4v) is 3.56. The van der Waals surface area contributed by atoms with E-state index in [-0.39, 0.29) is 15.7 Å². The van der Waals surface area contributed by atoms with Crippen molar-refractivity contribution >= 4 is 27.3 Å². The number of hydrogen-bond donors (Lipinski definition) is 3. The first kappa shape index (κ1) is 15.1. The quantitative estimate of drug-likeness (QED) is 0.638. The van der Waals surface area contributed by atoms with Crippen LogP contribution in [0.3, 0.4) is 0 Å². The molecule has 0 radical (unpaired) electrons. The van der Waals surface area contributed by atoms with Crippen LogP contribution in [0, 0.1) is 0 Å². The highest BCUT2D eigenvalue weighted by atomic mass is 32.2. The number of carboxylic acids is 1. The number of aliphatic hydroxyl groups excluding tert-OH is 1. The molecule has 1 aromatic rings. The van der Waals surface area contributed by atoms with E-state index in [0.29, 0.717) is 11.3 Å². The molecular formula is C9H13NO6S2. The Kier molecular flexibility index (Phi) is 5.23. The molecule has 0 aromatic carbocycles. The van der Waals surface area contributed by atoms with Crippen LogP contribution < -0.4 is 4.72 Å². The summed E-state index contributed by atoms with van der Waals surface area (Å²) in [5, 5.41) is 17.7. The highest BCUT2D eigenvalue weighted by Crippen LogP contribution is 2.21. The van der Waals surface area contributed by atoms with E-state index < -0.39 is 28.6 Å². The normalized spacial score (nSPS) is 13.4. The highest BCUT2D eigenvalue weighted by Gasteiger charge is 2.22. The predicted octanol–water partition coefficient (Wildman–Crippen LogP) is -0.268. The fourth-order valence-electron chi connectivity index (χ4n) is 1.18. The van der Waals surface area contributed by atoms with Gasteiger partial charge in [0.2, 0.25) is 10.0 Å². The van der Waals surface area contributed by atoms with Gasteiger partial charge in [0.1, 0.15) is 9.09 Å². The van der Waals surface area contributed by atoms with Gasteiger partial charge in [0, 0.05) is 7.11 Å². The minimum atomic E-state index is -3.84. The number of carboxylic acid groups (broad SMARTS) is 1. The van der Waals surface area contributed by atoms with Gasteiger partial charge >= 0.3 is 5.97 Å². The Morgan fingerprint density at radius 1 is 1.56 bits per heavy atom.